The monoisotopic (exact) mass is 786 g/mol. The molecular weight excluding hydrogens is 728 g/mol. The van der Waals surface area contributed by atoms with Crippen LogP contribution in [0.3, 0.4) is 0 Å². The molecule has 3 aliphatic carbocycles. The quantitative estimate of drug-likeness (QED) is 0.147. The van der Waals surface area contributed by atoms with Gasteiger partial charge >= 0.3 is 329 Å². The Morgan fingerprint density at radius 2 is 0.981 bits per heavy atom. The summed E-state index contributed by atoms with van der Waals surface area (Å²) in [6, 6.07) is 50.8. The van der Waals surface area contributed by atoms with Gasteiger partial charge in [-0.05, 0) is 0 Å². The summed E-state index contributed by atoms with van der Waals surface area (Å²) in [6.07, 6.45) is 16.7. The summed E-state index contributed by atoms with van der Waals surface area (Å²) in [5, 5.41) is 0. The van der Waals surface area contributed by atoms with Gasteiger partial charge in [0, 0.05) is 0 Å². The molecular formula is C53H60Zr. The summed E-state index contributed by atoms with van der Waals surface area (Å²) in [5.41, 5.74) is 13.6. The van der Waals surface area contributed by atoms with Crippen LogP contribution in [-0.4, -0.2) is 3.21 Å². The topological polar surface area (TPSA) is 0 Å². The maximum atomic E-state index is 2.70. The Balaban J connectivity index is 1.67. The van der Waals surface area contributed by atoms with E-state index in [-0.39, 0.29) is 10.8 Å². The van der Waals surface area contributed by atoms with Crippen LogP contribution in [0, 0.1) is 5.92 Å². The molecule has 0 atom stereocenters. The Kier molecular flexibility index (Phi) is 9.97. The minimum absolute atomic E-state index is 0.0393. The second kappa shape index (κ2) is 14.4. The standard InChI is InChI=1S/C21H25.C13H16.2C7H7.C5H5.Zr/c1-20(2,3)16-7-9-18-14(12-16)11-15-13-17(21(4,5)6)8-10-19(15)18;1-3-7-12(8-4-1)11-13-9-5-2-6-10-13;2*1-7-5-3-2-4-6-7;1-2-4-5-3-1;/h7-13H,1-6H3;1,3-4,7-8,13H,2,5-6,9-10H2;2*2-6H,1H2;1-5H;. The second-order valence-electron chi connectivity index (χ2n) is 19.1. The van der Waals surface area contributed by atoms with Crippen molar-refractivity contribution in [1.29, 1.82) is 0 Å². The van der Waals surface area contributed by atoms with Crippen molar-refractivity contribution in [3.05, 3.63) is 191 Å². The molecule has 0 amide bonds. The number of rotatable bonds is 8. The molecule has 54 heavy (non-hydrogen) atoms. The van der Waals surface area contributed by atoms with E-state index in [0.717, 1.165) is 8.26 Å². The summed E-state index contributed by atoms with van der Waals surface area (Å²) in [5.74, 6) is 0.561. The Morgan fingerprint density at radius 3 is 1.43 bits per heavy atom. The molecule has 0 aromatic heterocycles. The van der Waals surface area contributed by atoms with Gasteiger partial charge in [-0.3, -0.25) is 0 Å². The SMILES string of the molecule is CC(C)(C)c1ccc2c(c1)[CH]([Zr]([CH2]c1ccccc1)([CH2]c1ccccc1)(=[C](c1ccccc1)C1CCCCC1)[CH]1C=CC=C1)c1cc(C(C)(C)C)ccc1-2. The molecule has 0 N–H and O–H groups in total. The number of hydrogen-bond donors (Lipinski definition) is 0. The number of hydrogen-bond acceptors (Lipinski definition) is 0. The van der Waals surface area contributed by atoms with Gasteiger partial charge in [-0.1, -0.05) is 0 Å². The number of benzene rings is 5. The average molecular weight is 788 g/mol. The summed E-state index contributed by atoms with van der Waals surface area (Å²) in [4.78, 5) is 0. The fourth-order valence-corrected chi connectivity index (χ4v) is 36.7. The van der Waals surface area contributed by atoms with Crippen LogP contribution >= 0.6 is 0 Å². The van der Waals surface area contributed by atoms with E-state index < -0.39 is 18.3 Å². The molecule has 0 spiro atoms. The van der Waals surface area contributed by atoms with Gasteiger partial charge in [-0.15, -0.1) is 0 Å². The zero-order valence-electron chi connectivity index (χ0n) is 33.6. The van der Waals surface area contributed by atoms with Gasteiger partial charge < -0.3 is 0 Å². The first-order chi connectivity index (χ1) is 26.0. The number of fused-ring (bicyclic) bond motifs is 3. The van der Waals surface area contributed by atoms with Gasteiger partial charge in [0.1, 0.15) is 0 Å². The average Bonchev–Trinajstić information content (AvgIpc) is 3.84. The van der Waals surface area contributed by atoms with E-state index >= 15 is 0 Å². The van der Waals surface area contributed by atoms with Crippen molar-refractivity contribution in [1.82, 2.24) is 0 Å². The molecule has 0 heterocycles. The van der Waals surface area contributed by atoms with Gasteiger partial charge in [0.25, 0.3) is 0 Å². The van der Waals surface area contributed by atoms with Crippen molar-refractivity contribution in [2.24, 2.45) is 5.92 Å². The van der Waals surface area contributed by atoms with Crippen LogP contribution < -0.4 is 0 Å². The summed E-state index contributed by atoms with van der Waals surface area (Å²) in [7, 11) is 0. The van der Waals surface area contributed by atoms with E-state index in [1.807, 2.05) is 3.21 Å². The predicted molar refractivity (Wildman–Crippen MR) is 231 cm³/mol. The maximum absolute atomic E-state index is 4.94. The molecule has 1 heteroatoms. The van der Waals surface area contributed by atoms with Crippen molar-refractivity contribution in [3.63, 3.8) is 0 Å². The molecule has 1 saturated carbocycles. The minimum atomic E-state index is -4.94. The molecule has 0 radical (unpaired) electrons. The fraction of sp³-hybridized carbons (Fsp3) is 0.340. The van der Waals surface area contributed by atoms with Crippen LogP contribution in [0.2, 0.25) is 3.63 Å². The van der Waals surface area contributed by atoms with Crippen LogP contribution in [0.4, 0.5) is 0 Å². The van der Waals surface area contributed by atoms with E-state index in [0.29, 0.717) is 13.2 Å². The van der Waals surface area contributed by atoms with Crippen molar-refractivity contribution in [2.75, 3.05) is 0 Å². The molecule has 0 unspecified atom stereocenters. The number of allylic oxidation sites excluding steroid dienone is 4. The fourth-order valence-electron chi connectivity index (χ4n) is 11.4. The molecule has 1 fully saturated rings. The van der Waals surface area contributed by atoms with Crippen LogP contribution in [0.5, 0.6) is 0 Å². The van der Waals surface area contributed by atoms with Crippen molar-refractivity contribution in [2.45, 2.75) is 100.0 Å². The van der Waals surface area contributed by atoms with Gasteiger partial charge in [-0.25, -0.2) is 0 Å². The van der Waals surface area contributed by atoms with Crippen LogP contribution in [0.25, 0.3) is 11.1 Å². The second-order valence-corrected chi connectivity index (χ2v) is 34.5. The third-order valence-corrected chi connectivity index (χ3v) is 35.1. The molecule has 0 bridgehead atoms. The van der Waals surface area contributed by atoms with Gasteiger partial charge in [-0.2, -0.15) is 0 Å². The Bertz CT molecular complexity index is 2130. The van der Waals surface area contributed by atoms with Crippen LogP contribution in [0.1, 0.15) is 116 Å². The van der Waals surface area contributed by atoms with E-state index in [9.17, 15) is 0 Å². The summed E-state index contributed by atoms with van der Waals surface area (Å²) < 4.78 is 4.83. The molecule has 5 aromatic carbocycles. The van der Waals surface area contributed by atoms with Crippen molar-refractivity contribution in [3.8, 4) is 11.1 Å². The van der Waals surface area contributed by atoms with E-state index in [2.05, 4.69) is 193 Å². The molecule has 8 rings (SSSR count). The molecule has 0 aliphatic heterocycles. The first-order valence-corrected chi connectivity index (χ1v) is 28.3. The normalized spacial score (nSPS) is 16.8. The molecule has 3 aliphatic rings. The third-order valence-electron chi connectivity index (χ3n) is 13.8. The molecule has 5 aromatic rings. The van der Waals surface area contributed by atoms with E-state index in [1.54, 1.807) is 11.1 Å². The van der Waals surface area contributed by atoms with Gasteiger partial charge in [0.05, 0.1) is 0 Å². The Hall–Kier alpha value is -3.67. The molecule has 0 nitrogen and oxygen atoms in total. The Morgan fingerprint density at radius 1 is 0.537 bits per heavy atom. The summed E-state index contributed by atoms with van der Waals surface area (Å²) >= 11 is -4.94. The Labute approximate surface area is 327 Å². The van der Waals surface area contributed by atoms with Gasteiger partial charge in [0.2, 0.25) is 0 Å². The summed E-state index contributed by atoms with van der Waals surface area (Å²) in [6.45, 7) is 14.4. The molecule has 276 valence electrons. The van der Waals surface area contributed by atoms with Crippen molar-refractivity contribution < 1.29 is 18.3 Å². The van der Waals surface area contributed by atoms with Crippen molar-refractivity contribution >= 4 is 3.21 Å². The molecule has 0 saturated heterocycles. The zero-order valence-corrected chi connectivity index (χ0v) is 36.1. The van der Waals surface area contributed by atoms with E-state index in [4.69, 9.17) is 0 Å². The first-order valence-electron chi connectivity index (χ1n) is 20.8. The zero-order chi connectivity index (χ0) is 37.6. The third kappa shape index (κ3) is 6.47. The van der Waals surface area contributed by atoms with Gasteiger partial charge in [0.15, 0.2) is 0 Å². The van der Waals surface area contributed by atoms with Crippen LogP contribution in [-0.2, 0) is 37.4 Å². The predicted octanol–water partition coefficient (Wildman–Crippen LogP) is 14.2. The van der Waals surface area contributed by atoms with E-state index in [1.165, 1.54) is 71.0 Å². The van der Waals surface area contributed by atoms with Crippen LogP contribution in [0.15, 0.2) is 152 Å². The first kappa shape index (κ1) is 37.3.